The Bertz CT molecular complexity index is 1860. The van der Waals surface area contributed by atoms with Crippen LogP contribution in [-0.4, -0.2) is 40.3 Å². The van der Waals surface area contributed by atoms with Gasteiger partial charge in [0.15, 0.2) is 0 Å². The Hall–Kier alpha value is -5.64. The van der Waals surface area contributed by atoms with Crippen LogP contribution in [0.4, 0.5) is 0 Å². The third-order valence-corrected chi connectivity index (χ3v) is 6.81. The number of pyridine rings is 4. The van der Waals surface area contributed by atoms with Gasteiger partial charge in [-0.15, -0.1) is 20.4 Å². The topological polar surface area (TPSA) is 129 Å². The lowest BCUT2D eigenvalue weighted by molar-refractivity contribution is 0.407. The standard InChI is InChI=1S/C31H22N8O2/c1-31(30-39-38-29(41-30)22-11-13-26(35-19-22)24-9-3-5-16-33-24)14-6-7-20(17-31)27-36-37-28(40-27)21-10-12-25(34-18-21)23-8-2-4-15-32-23/h2-16,18-19H,17H2,1H3. The van der Waals surface area contributed by atoms with E-state index in [9.17, 15) is 0 Å². The molecule has 0 fully saturated rings. The molecule has 0 saturated carbocycles. The largest absolute Gasteiger partial charge is 0.420 e. The fourth-order valence-electron chi connectivity index (χ4n) is 4.60. The summed E-state index contributed by atoms with van der Waals surface area (Å²) in [6.45, 7) is 2.04. The molecular weight excluding hydrogens is 516 g/mol. The summed E-state index contributed by atoms with van der Waals surface area (Å²) in [7, 11) is 0. The molecule has 10 nitrogen and oxygen atoms in total. The molecule has 1 atom stereocenters. The van der Waals surface area contributed by atoms with Gasteiger partial charge in [0.1, 0.15) is 0 Å². The molecule has 1 unspecified atom stereocenters. The predicted octanol–water partition coefficient (Wildman–Crippen LogP) is 6.00. The Balaban J connectivity index is 1.08. The average Bonchev–Trinajstić information content (AvgIpc) is 3.74. The first kappa shape index (κ1) is 24.4. The van der Waals surface area contributed by atoms with Crippen LogP contribution in [0.15, 0.2) is 113 Å². The monoisotopic (exact) mass is 538 g/mol. The maximum atomic E-state index is 6.13. The number of rotatable bonds is 6. The summed E-state index contributed by atoms with van der Waals surface area (Å²) in [5.41, 5.74) is 4.89. The van der Waals surface area contributed by atoms with Crippen LogP contribution in [0.1, 0.15) is 25.1 Å². The minimum atomic E-state index is -0.558. The van der Waals surface area contributed by atoms with Gasteiger partial charge < -0.3 is 8.83 Å². The molecule has 1 aliphatic rings. The zero-order valence-corrected chi connectivity index (χ0v) is 21.9. The Morgan fingerprint density at radius 1 is 0.610 bits per heavy atom. The van der Waals surface area contributed by atoms with Crippen LogP contribution < -0.4 is 0 Å². The molecule has 6 aromatic rings. The van der Waals surface area contributed by atoms with E-state index in [1.807, 2.05) is 85.8 Å². The van der Waals surface area contributed by atoms with Gasteiger partial charge in [-0.05, 0) is 61.9 Å². The van der Waals surface area contributed by atoms with Crippen molar-refractivity contribution in [2.45, 2.75) is 18.8 Å². The molecule has 198 valence electrons. The van der Waals surface area contributed by atoms with Crippen LogP contribution in [-0.2, 0) is 5.41 Å². The second-order valence-corrected chi connectivity index (χ2v) is 9.76. The van der Waals surface area contributed by atoms with Crippen molar-refractivity contribution in [3.05, 3.63) is 115 Å². The first-order valence-corrected chi connectivity index (χ1v) is 13.0. The van der Waals surface area contributed by atoms with Crippen molar-refractivity contribution in [2.24, 2.45) is 0 Å². The van der Waals surface area contributed by atoms with E-state index >= 15 is 0 Å². The van der Waals surface area contributed by atoms with Gasteiger partial charge in [-0.2, -0.15) is 0 Å². The van der Waals surface area contributed by atoms with Crippen molar-refractivity contribution < 1.29 is 8.83 Å². The van der Waals surface area contributed by atoms with Crippen LogP contribution in [0.3, 0.4) is 0 Å². The van der Waals surface area contributed by atoms with E-state index in [1.54, 1.807) is 24.8 Å². The van der Waals surface area contributed by atoms with Gasteiger partial charge in [-0.1, -0.05) is 30.4 Å². The molecule has 0 N–H and O–H groups in total. The van der Waals surface area contributed by atoms with Crippen molar-refractivity contribution in [1.82, 2.24) is 40.3 Å². The van der Waals surface area contributed by atoms with E-state index in [-0.39, 0.29) is 0 Å². The Kier molecular flexibility index (Phi) is 6.05. The van der Waals surface area contributed by atoms with E-state index in [1.165, 1.54) is 0 Å². The maximum Gasteiger partial charge on any atom is 0.249 e. The van der Waals surface area contributed by atoms with Gasteiger partial charge in [-0.25, -0.2) is 0 Å². The van der Waals surface area contributed by atoms with Crippen LogP contribution in [0.2, 0.25) is 0 Å². The second kappa shape index (κ2) is 10.2. The predicted molar refractivity (Wildman–Crippen MR) is 151 cm³/mol. The van der Waals surface area contributed by atoms with Gasteiger partial charge in [0.25, 0.3) is 0 Å². The van der Waals surface area contributed by atoms with Gasteiger partial charge >= 0.3 is 0 Å². The quantitative estimate of drug-likeness (QED) is 0.249. The van der Waals surface area contributed by atoms with Crippen molar-refractivity contribution in [2.75, 3.05) is 0 Å². The molecule has 1 aliphatic carbocycles. The molecule has 6 heterocycles. The molecule has 0 aromatic carbocycles. The number of hydrogen-bond acceptors (Lipinski definition) is 10. The molecule has 6 aromatic heterocycles. The summed E-state index contributed by atoms with van der Waals surface area (Å²) in [5.74, 6) is 1.70. The molecule has 0 amide bonds. The third-order valence-electron chi connectivity index (χ3n) is 6.81. The highest BCUT2D eigenvalue weighted by Crippen LogP contribution is 2.39. The van der Waals surface area contributed by atoms with Crippen LogP contribution in [0.5, 0.6) is 0 Å². The van der Waals surface area contributed by atoms with Crippen molar-refractivity contribution >= 4 is 5.57 Å². The van der Waals surface area contributed by atoms with Gasteiger partial charge in [-0.3, -0.25) is 19.9 Å². The minimum Gasteiger partial charge on any atom is -0.420 e. The fraction of sp³-hybridized carbons (Fsp3) is 0.0968. The van der Waals surface area contributed by atoms with Crippen molar-refractivity contribution in [3.63, 3.8) is 0 Å². The highest BCUT2D eigenvalue weighted by atomic mass is 16.4. The van der Waals surface area contributed by atoms with E-state index in [2.05, 4.69) is 40.3 Å². The molecule has 7 rings (SSSR count). The number of aromatic nitrogens is 8. The number of allylic oxidation sites excluding steroid dienone is 4. The molecule has 41 heavy (non-hydrogen) atoms. The third kappa shape index (κ3) is 4.82. The van der Waals surface area contributed by atoms with E-state index < -0.39 is 5.41 Å². The molecular formula is C31H22N8O2. The van der Waals surface area contributed by atoms with Crippen molar-refractivity contribution in [1.29, 1.82) is 0 Å². The van der Waals surface area contributed by atoms with Crippen molar-refractivity contribution in [3.8, 4) is 45.7 Å². The molecule has 0 radical (unpaired) electrons. The van der Waals surface area contributed by atoms with Crippen LogP contribution >= 0.6 is 0 Å². The summed E-state index contributed by atoms with van der Waals surface area (Å²) in [4.78, 5) is 17.7. The Labute approximate surface area is 234 Å². The Morgan fingerprint density at radius 3 is 1.78 bits per heavy atom. The first-order valence-electron chi connectivity index (χ1n) is 13.0. The highest BCUT2D eigenvalue weighted by Gasteiger charge is 2.34. The van der Waals surface area contributed by atoms with Gasteiger partial charge in [0.05, 0.1) is 39.3 Å². The summed E-state index contributed by atoms with van der Waals surface area (Å²) in [6, 6.07) is 19.0. The average molecular weight is 539 g/mol. The van der Waals surface area contributed by atoms with Gasteiger partial charge in [0.2, 0.25) is 23.6 Å². The zero-order chi connectivity index (χ0) is 27.6. The minimum absolute atomic E-state index is 0.388. The van der Waals surface area contributed by atoms with E-state index in [4.69, 9.17) is 8.83 Å². The second-order valence-electron chi connectivity index (χ2n) is 9.76. The van der Waals surface area contributed by atoms with Crippen LogP contribution in [0.25, 0.3) is 51.3 Å². The lowest BCUT2D eigenvalue weighted by Crippen LogP contribution is -2.22. The first-order chi connectivity index (χ1) is 20.1. The number of hydrogen-bond donors (Lipinski definition) is 0. The zero-order valence-electron chi connectivity index (χ0n) is 21.9. The smallest absolute Gasteiger partial charge is 0.249 e. The lowest BCUT2D eigenvalue weighted by Gasteiger charge is -2.24. The number of nitrogens with zero attached hydrogens (tertiary/aromatic N) is 8. The SMILES string of the molecule is CC1(c2nnc(-c3ccc(-c4ccccn4)nc3)o2)C=CC=C(c2nnc(-c3ccc(-c4ccccn4)nc3)o2)C1. The molecule has 0 aliphatic heterocycles. The maximum absolute atomic E-state index is 6.13. The summed E-state index contributed by atoms with van der Waals surface area (Å²) in [5, 5.41) is 17.2. The Morgan fingerprint density at radius 2 is 1.20 bits per heavy atom. The fourth-order valence-corrected chi connectivity index (χ4v) is 4.60. The van der Waals surface area contributed by atoms with Crippen LogP contribution in [0, 0.1) is 0 Å². The van der Waals surface area contributed by atoms with E-state index in [0.29, 0.717) is 30.0 Å². The normalized spacial score (nSPS) is 16.5. The molecule has 0 bridgehead atoms. The molecule has 0 saturated heterocycles. The molecule has 0 spiro atoms. The summed E-state index contributed by atoms with van der Waals surface area (Å²) >= 11 is 0. The summed E-state index contributed by atoms with van der Waals surface area (Å²) < 4.78 is 12.2. The van der Waals surface area contributed by atoms with E-state index in [0.717, 1.165) is 39.5 Å². The summed E-state index contributed by atoms with van der Waals surface area (Å²) in [6.07, 6.45) is 13.4. The van der Waals surface area contributed by atoms with Gasteiger partial charge in [0, 0.05) is 30.4 Å². The highest BCUT2D eigenvalue weighted by molar-refractivity contribution is 5.66. The lowest BCUT2D eigenvalue weighted by atomic mass is 9.80. The molecule has 10 heteroatoms.